The number of aliphatic hydroxyl groups is 1. The fourth-order valence-electron chi connectivity index (χ4n) is 1.11. The second kappa shape index (κ2) is 5.38. The molecule has 0 saturated heterocycles. The molecule has 1 aromatic carbocycles. The molecule has 0 amide bonds. The predicted molar refractivity (Wildman–Crippen MR) is 55.2 cm³/mol. The molecule has 0 heterocycles. The maximum atomic E-state index is 13.2. The monoisotopic (exact) mass is 281 g/mol. The molecular weight excluding hydrogens is 272 g/mol. The van der Waals surface area contributed by atoms with Crippen LogP contribution in [0.3, 0.4) is 0 Å². The number of nitrogens with one attached hydrogen (secondary N) is 1. The van der Waals surface area contributed by atoms with Crippen LogP contribution in [-0.2, 0) is 14.8 Å². The van der Waals surface area contributed by atoms with Gasteiger partial charge in [-0.2, -0.15) is 4.72 Å². The van der Waals surface area contributed by atoms with E-state index in [0.717, 1.165) is 0 Å². The summed E-state index contributed by atoms with van der Waals surface area (Å²) in [7, 11) is -4.50. The normalized spacial score (nSPS) is 13.3. The number of aliphatic carboxylic acids is 1. The zero-order valence-electron chi connectivity index (χ0n) is 8.80. The molecule has 0 aromatic heterocycles. The van der Waals surface area contributed by atoms with E-state index in [1.54, 1.807) is 4.72 Å². The van der Waals surface area contributed by atoms with Crippen LogP contribution in [0, 0.1) is 11.6 Å². The second-order valence-corrected chi connectivity index (χ2v) is 4.95. The van der Waals surface area contributed by atoms with Crippen LogP contribution >= 0.6 is 0 Å². The lowest BCUT2D eigenvalue weighted by Crippen LogP contribution is -2.43. The molecular formula is C9H9F2NO5S. The number of hydrogen-bond donors (Lipinski definition) is 3. The summed E-state index contributed by atoms with van der Waals surface area (Å²) in [5, 5.41) is 17.2. The van der Waals surface area contributed by atoms with Crippen LogP contribution in [0.15, 0.2) is 23.1 Å². The zero-order valence-corrected chi connectivity index (χ0v) is 9.62. The molecule has 0 aliphatic rings. The third-order valence-corrected chi connectivity index (χ3v) is 3.47. The number of rotatable bonds is 5. The van der Waals surface area contributed by atoms with Gasteiger partial charge in [-0.3, -0.25) is 4.79 Å². The van der Waals surface area contributed by atoms with Crippen LogP contribution in [0.1, 0.15) is 0 Å². The van der Waals surface area contributed by atoms with E-state index in [2.05, 4.69) is 0 Å². The Labute approximate surface area is 101 Å². The minimum atomic E-state index is -4.50. The van der Waals surface area contributed by atoms with Crippen molar-refractivity contribution in [3.63, 3.8) is 0 Å². The average Bonchev–Trinajstić information content (AvgIpc) is 2.24. The highest BCUT2D eigenvalue weighted by molar-refractivity contribution is 7.89. The number of benzene rings is 1. The van der Waals surface area contributed by atoms with Crippen molar-refractivity contribution in [2.75, 3.05) is 6.61 Å². The smallest absolute Gasteiger partial charge is 0.324 e. The number of carboxylic acid groups (broad SMARTS) is 1. The van der Waals surface area contributed by atoms with Crippen molar-refractivity contribution < 1.29 is 32.2 Å². The Hall–Kier alpha value is -1.58. The first-order chi connectivity index (χ1) is 8.27. The van der Waals surface area contributed by atoms with Gasteiger partial charge in [-0.15, -0.1) is 0 Å². The molecule has 1 aromatic rings. The lowest BCUT2D eigenvalue weighted by molar-refractivity contribution is -0.139. The van der Waals surface area contributed by atoms with Crippen molar-refractivity contribution in [2.24, 2.45) is 0 Å². The summed E-state index contributed by atoms with van der Waals surface area (Å²) in [6, 6.07) is -0.0849. The van der Waals surface area contributed by atoms with Gasteiger partial charge in [-0.1, -0.05) is 0 Å². The van der Waals surface area contributed by atoms with E-state index >= 15 is 0 Å². The van der Waals surface area contributed by atoms with Crippen molar-refractivity contribution in [1.29, 1.82) is 0 Å². The lowest BCUT2D eigenvalue weighted by atomic mass is 10.3. The summed E-state index contributed by atoms with van der Waals surface area (Å²) in [6.07, 6.45) is 0. The Morgan fingerprint density at radius 2 is 2.00 bits per heavy atom. The zero-order chi connectivity index (χ0) is 13.9. The summed E-state index contributed by atoms with van der Waals surface area (Å²) < 4.78 is 50.6. The maximum Gasteiger partial charge on any atom is 0.324 e. The van der Waals surface area contributed by atoms with Gasteiger partial charge in [-0.25, -0.2) is 17.2 Å². The average molecular weight is 281 g/mol. The molecule has 0 aliphatic carbocycles. The maximum absolute atomic E-state index is 13.2. The van der Waals surface area contributed by atoms with E-state index in [1.807, 2.05) is 0 Å². The fraction of sp³-hybridized carbons (Fsp3) is 0.222. The highest BCUT2D eigenvalue weighted by atomic mass is 32.2. The molecule has 1 rings (SSSR count). The summed E-state index contributed by atoms with van der Waals surface area (Å²) in [5.41, 5.74) is 0. The van der Waals surface area contributed by atoms with Gasteiger partial charge in [0, 0.05) is 6.07 Å². The van der Waals surface area contributed by atoms with E-state index in [4.69, 9.17) is 10.2 Å². The molecule has 0 radical (unpaired) electrons. The van der Waals surface area contributed by atoms with Gasteiger partial charge in [0.05, 0.1) is 6.61 Å². The van der Waals surface area contributed by atoms with E-state index in [9.17, 15) is 22.0 Å². The second-order valence-electron chi connectivity index (χ2n) is 3.27. The third kappa shape index (κ3) is 3.22. The van der Waals surface area contributed by atoms with Gasteiger partial charge in [0.15, 0.2) is 0 Å². The third-order valence-electron chi connectivity index (χ3n) is 1.96. The van der Waals surface area contributed by atoms with Gasteiger partial charge in [-0.05, 0) is 12.1 Å². The highest BCUT2D eigenvalue weighted by Crippen LogP contribution is 2.15. The molecule has 18 heavy (non-hydrogen) atoms. The molecule has 3 N–H and O–H groups in total. The van der Waals surface area contributed by atoms with Crippen molar-refractivity contribution in [3.8, 4) is 0 Å². The topological polar surface area (TPSA) is 104 Å². The molecule has 1 atom stereocenters. The van der Waals surface area contributed by atoms with Crippen LogP contribution in [0.25, 0.3) is 0 Å². The van der Waals surface area contributed by atoms with Crippen LogP contribution in [-0.4, -0.2) is 37.2 Å². The van der Waals surface area contributed by atoms with Crippen LogP contribution < -0.4 is 4.72 Å². The van der Waals surface area contributed by atoms with Gasteiger partial charge >= 0.3 is 5.97 Å². The molecule has 0 spiro atoms. The standard InChI is InChI=1S/C9H9F2NO5S/c10-5-1-2-8(6(11)3-5)18(16,17)12-7(4-13)9(14)15/h1-3,7,12-13H,4H2,(H,14,15). The number of sulfonamides is 1. The first-order valence-corrected chi connectivity index (χ1v) is 6.07. The minimum Gasteiger partial charge on any atom is -0.480 e. The molecule has 1 unspecified atom stereocenters. The Morgan fingerprint density at radius 1 is 1.39 bits per heavy atom. The SMILES string of the molecule is O=C(O)C(CO)NS(=O)(=O)c1ccc(F)cc1F. The van der Waals surface area contributed by atoms with E-state index in [1.165, 1.54) is 0 Å². The Balaban J connectivity index is 3.10. The quantitative estimate of drug-likeness (QED) is 0.686. The summed E-state index contributed by atoms with van der Waals surface area (Å²) in [5.74, 6) is -3.95. The molecule has 0 saturated carbocycles. The molecule has 100 valence electrons. The van der Waals surface area contributed by atoms with Gasteiger partial charge < -0.3 is 10.2 Å². The van der Waals surface area contributed by atoms with Gasteiger partial charge in [0.25, 0.3) is 0 Å². The van der Waals surface area contributed by atoms with E-state index < -0.39 is 45.2 Å². The largest absolute Gasteiger partial charge is 0.480 e. The number of halogens is 2. The molecule has 0 fully saturated rings. The lowest BCUT2D eigenvalue weighted by Gasteiger charge is -2.12. The van der Waals surface area contributed by atoms with E-state index in [0.29, 0.717) is 18.2 Å². The fourth-order valence-corrected chi connectivity index (χ4v) is 2.35. The van der Waals surface area contributed by atoms with Crippen molar-refractivity contribution in [2.45, 2.75) is 10.9 Å². The number of carboxylic acids is 1. The van der Waals surface area contributed by atoms with Crippen molar-refractivity contribution >= 4 is 16.0 Å². The van der Waals surface area contributed by atoms with Crippen LogP contribution in [0.5, 0.6) is 0 Å². The summed E-state index contributed by atoms with van der Waals surface area (Å²) in [4.78, 5) is 9.64. The first kappa shape index (κ1) is 14.5. The number of hydrogen-bond acceptors (Lipinski definition) is 4. The Morgan fingerprint density at radius 3 is 2.44 bits per heavy atom. The Bertz CT molecular complexity index is 560. The molecule has 6 nitrogen and oxygen atoms in total. The van der Waals surface area contributed by atoms with Gasteiger partial charge in [0.2, 0.25) is 10.0 Å². The highest BCUT2D eigenvalue weighted by Gasteiger charge is 2.27. The molecule has 9 heteroatoms. The van der Waals surface area contributed by atoms with Crippen LogP contribution in [0.2, 0.25) is 0 Å². The van der Waals surface area contributed by atoms with E-state index in [-0.39, 0.29) is 0 Å². The van der Waals surface area contributed by atoms with Gasteiger partial charge in [0.1, 0.15) is 22.6 Å². The summed E-state index contributed by atoms with van der Waals surface area (Å²) in [6.45, 7) is -1.00. The predicted octanol–water partition coefficient (Wildman–Crippen LogP) is -0.311. The number of aliphatic hydroxyl groups excluding tert-OH is 1. The molecule has 0 aliphatic heterocycles. The Kier molecular flexibility index (Phi) is 4.33. The van der Waals surface area contributed by atoms with Crippen molar-refractivity contribution in [3.05, 3.63) is 29.8 Å². The minimum absolute atomic E-state index is 0.350. The first-order valence-electron chi connectivity index (χ1n) is 4.59. The van der Waals surface area contributed by atoms with Crippen LogP contribution in [0.4, 0.5) is 8.78 Å². The summed E-state index contributed by atoms with van der Waals surface area (Å²) >= 11 is 0. The molecule has 0 bridgehead atoms. The van der Waals surface area contributed by atoms with Crippen molar-refractivity contribution in [1.82, 2.24) is 4.72 Å². The number of carbonyl (C=O) groups is 1.